The summed E-state index contributed by atoms with van der Waals surface area (Å²) in [6.07, 6.45) is 1.25. The highest BCUT2D eigenvalue weighted by Gasteiger charge is 2.18. The average Bonchev–Trinajstić information content (AvgIpc) is 2.28. The Morgan fingerprint density at radius 1 is 1.28 bits per heavy atom. The number of aromatic nitrogens is 1. The molecule has 0 aromatic carbocycles. The Labute approximate surface area is 108 Å². The van der Waals surface area contributed by atoms with Gasteiger partial charge in [-0.25, -0.2) is 4.98 Å². The van der Waals surface area contributed by atoms with Gasteiger partial charge in [0.1, 0.15) is 0 Å². The van der Waals surface area contributed by atoms with Crippen molar-refractivity contribution in [3.63, 3.8) is 0 Å². The van der Waals surface area contributed by atoms with Crippen LogP contribution in [0.2, 0.25) is 0 Å². The molecule has 0 fully saturated rings. The van der Waals surface area contributed by atoms with Crippen LogP contribution in [0, 0.1) is 23.7 Å². The molecule has 0 bridgehead atoms. The first kappa shape index (κ1) is 14.6. The van der Waals surface area contributed by atoms with E-state index in [1.54, 1.807) is 0 Å². The SMILES string of the molecule is CC(C)C(CNC(=O)c1ccc(F)nc1)C(C)C. The fourth-order valence-corrected chi connectivity index (χ4v) is 2.06. The molecule has 0 unspecified atom stereocenters. The number of amides is 1. The van der Waals surface area contributed by atoms with E-state index < -0.39 is 5.95 Å². The van der Waals surface area contributed by atoms with E-state index in [-0.39, 0.29) is 5.91 Å². The van der Waals surface area contributed by atoms with E-state index in [9.17, 15) is 9.18 Å². The van der Waals surface area contributed by atoms with Crippen LogP contribution in [0.1, 0.15) is 38.1 Å². The quantitative estimate of drug-likeness (QED) is 0.819. The van der Waals surface area contributed by atoms with Crippen LogP contribution in [-0.4, -0.2) is 17.4 Å². The molecule has 0 aliphatic heterocycles. The molecule has 18 heavy (non-hydrogen) atoms. The Bertz CT molecular complexity index is 379. The first-order valence-corrected chi connectivity index (χ1v) is 6.31. The summed E-state index contributed by atoms with van der Waals surface area (Å²) in [5, 5.41) is 2.88. The van der Waals surface area contributed by atoms with Crippen molar-refractivity contribution in [2.24, 2.45) is 17.8 Å². The Morgan fingerprint density at radius 3 is 2.33 bits per heavy atom. The number of halogens is 1. The molecule has 0 atom stereocenters. The largest absolute Gasteiger partial charge is 0.352 e. The lowest BCUT2D eigenvalue weighted by atomic mass is 9.85. The predicted octanol–water partition coefficient (Wildman–Crippen LogP) is 2.88. The van der Waals surface area contributed by atoms with Crippen LogP contribution in [0.15, 0.2) is 18.3 Å². The van der Waals surface area contributed by atoms with Gasteiger partial charge >= 0.3 is 0 Å². The highest BCUT2D eigenvalue weighted by atomic mass is 19.1. The molecule has 3 nitrogen and oxygen atoms in total. The minimum absolute atomic E-state index is 0.200. The number of nitrogens with zero attached hydrogens (tertiary/aromatic N) is 1. The van der Waals surface area contributed by atoms with Crippen LogP contribution >= 0.6 is 0 Å². The molecule has 0 spiro atoms. The minimum atomic E-state index is -0.575. The number of hydrogen-bond donors (Lipinski definition) is 1. The smallest absolute Gasteiger partial charge is 0.252 e. The molecule has 1 rings (SSSR count). The van der Waals surface area contributed by atoms with Gasteiger partial charge in [-0.1, -0.05) is 27.7 Å². The lowest BCUT2D eigenvalue weighted by molar-refractivity contribution is 0.0936. The van der Waals surface area contributed by atoms with E-state index in [2.05, 4.69) is 38.0 Å². The summed E-state index contributed by atoms with van der Waals surface area (Å²) in [6, 6.07) is 2.63. The van der Waals surface area contributed by atoms with Crippen LogP contribution in [-0.2, 0) is 0 Å². The van der Waals surface area contributed by atoms with E-state index in [4.69, 9.17) is 0 Å². The first-order chi connectivity index (χ1) is 8.41. The molecule has 1 aromatic heterocycles. The lowest BCUT2D eigenvalue weighted by Crippen LogP contribution is -2.34. The van der Waals surface area contributed by atoms with Gasteiger partial charge in [0.25, 0.3) is 5.91 Å². The van der Waals surface area contributed by atoms with Crippen LogP contribution in [0.25, 0.3) is 0 Å². The van der Waals surface area contributed by atoms with Gasteiger partial charge in [0.15, 0.2) is 0 Å². The van der Waals surface area contributed by atoms with Gasteiger partial charge in [0.05, 0.1) is 5.56 Å². The van der Waals surface area contributed by atoms with Crippen molar-refractivity contribution in [2.75, 3.05) is 6.54 Å². The zero-order chi connectivity index (χ0) is 13.7. The van der Waals surface area contributed by atoms with Crippen LogP contribution in [0.3, 0.4) is 0 Å². The van der Waals surface area contributed by atoms with Gasteiger partial charge in [-0.2, -0.15) is 4.39 Å². The normalized spacial score (nSPS) is 11.3. The molecule has 0 saturated heterocycles. The molecule has 1 N–H and O–H groups in total. The zero-order valence-corrected chi connectivity index (χ0v) is 11.4. The van der Waals surface area contributed by atoms with Crippen molar-refractivity contribution >= 4 is 5.91 Å². The van der Waals surface area contributed by atoms with Crippen LogP contribution in [0.4, 0.5) is 4.39 Å². The first-order valence-electron chi connectivity index (χ1n) is 6.31. The summed E-state index contributed by atoms with van der Waals surface area (Å²) in [7, 11) is 0. The summed E-state index contributed by atoms with van der Waals surface area (Å²) in [5.74, 6) is 0.679. The topological polar surface area (TPSA) is 42.0 Å². The standard InChI is InChI=1S/C14H21FN2O/c1-9(2)12(10(3)4)8-17-14(18)11-5-6-13(15)16-7-11/h5-7,9-10,12H,8H2,1-4H3,(H,17,18). The number of pyridine rings is 1. The summed E-state index contributed by atoms with van der Waals surface area (Å²) in [6.45, 7) is 9.23. The zero-order valence-electron chi connectivity index (χ0n) is 11.4. The monoisotopic (exact) mass is 252 g/mol. The third kappa shape index (κ3) is 4.09. The van der Waals surface area contributed by atoms with Crippen molar-refractivity contribution < 1.29 is 9.18 Å². The maximum atomic E-state index is 12.6. The fourth-order valence-electron chi connectivity index (χ4n) is 2.06. The molecule has 0 aliphatic rings. The van der Waals surface area contributed by atoms with Crippen LogP contribution in [0.5, 0.6) is 0 Å². The van der Waals surface area contributed by atoms with E-state index in [1.807, 2.05) is 0 Å². The Hall–Kier alpha value is -1.45. The predicted molar refractivity (Wildman–Crippen MR) is 69.7 cm³/mol. The van der Waals surface area contributed by atoms with E-state index in [0.29, 0.717) is 29.9 Å². The Balaban J connectivity index is 2.57. The van der Waals surface area contributed by atoms with Crippen molar-refractivity contribution in [3.8, 4) is 0 Å². The Kier molecular flexibility index (Phi) is 5.25. The highest BCUT2D eigenvalue weighted by molar-refractivity contribution is 5.93. The third-order valence-electron chi connectivity index (χ3n) is 3.20. The molecule has 4 heteroatoms. The van der Waals surface area contributed by atoms with Crippen molar-refractivity contribution in [3.05, 3.63) is 29.8 Å². The minimum Gasteiger partial charge on any atom is -0.352 e. The van der Waals surface area contributed by atoms with Crippen molar-refractivity contribution in [1.82, 2.24) is 10.3 Å². The van der Waals surface area contributed by atoms with Gasteiger partial charge in [0.2, 0.25) is 5.95 Å². The van der Waals surface area contributed by atoms with Gasteiger partial charge in [-0.15, -0.1) is 0 Å². The number of hydrogen-bond acceptors (Lipinski definition) is 2. The van der Waals surface area contributed by atoms with E-state index >= 15 is 0 Å². The van der Waals surface area contributed by atoms with E-state index in [1.165, 1.54) is 18.3 Å². The second-order valence-electron chi connectivity index (χ2n) is 5.23. The molecule has 0 radical (unpaired) electrons. The summed E-state index contributed by atoms with van der Waals surface area (Å²) < 4.78 is 12.6. The fraction of sp³-hybridized carbons (Fsp3) is 0.571. The summed E-state index contributed by atoms with van der Waals surface area (Å²) >= 11 is 0. The lowest BCUT2D eigenvalue weighted by Gasteiger charge is -2.25. The van der Waals surface area contributed by atoms with E-state index in [0.717, 1.165) is 0 Å². The summed E-state index contributed by atoms with van der Waals surface area (Å²) in [5.41, 5.74) is 0.391. The molecule has 100 valence electrons. The molecule has 1 heterocycles. The summed E-state index contributed by atoms with van der Waals surface area (Å²) in [4.78, 5) is 15.3. The second kappa shape index (κ2) is 6.47. The molecule has 1 amide bonds. The van der Waals surface area contributed by atoms with Gasteiger partial charge in [-0.3, -0.25) is 4.79 Å². The maximum Gasteiger partial charge on any atom is 0.252 e. The highest BCUT2D eigenvalue weighted by Crippen LogP contribution is 2.19. The molecule has 1 aromatic rings. The van der Waals surface area contributed by atoms with Gasteiger partial charge in [0, 0.05) is 12.7 Å². The van der Waals surface area contributed by atoms with Crippen LogP contribution < -0.4 is 5.32 Å². The van der Waals surface area contributed by atoms with Crippen molar-refractivity contribution in [1.29, 1.82) is 0 Å². The third-order valence-corrected chi connectivity index (χ3v) is 3.20. The van der Waals surface area contributed by atoms with Crippen molar-refractivity contribution in [2.45, 2.75) is 27.7 Å². The van der Waals surface area contributed by atoms with Gasteiger partial charge in [-0.05, 0) is 29.9 Å². The average molecular weight is 252 g/mol. The number of carbonyl (C=O) groups is 1. The molecular formula is C14H21FN2O. The number of nitrogens with one attached hydrogen (secondary N) is 1. The maximum absolute atomic E-state index is 12.6. The number of carbonyl (C=O) groups excluding carboxylic acids is 1. The molecule has 0 aliphatic carbocycles. The number of rotatable bonds is 5. The Morgan fingerprint density at radius 2 is 1.89 bits per heavy atom. The van der Waals surface area contributed by atoms with Gasteiger partial charge < -0.3 is 5.32 Å². The molecule has 0 saturated carbocycles. The second-order valence-corrected chi connectivity index (χ2v) is 5.23. The molecular weight excluding hydrogens is 231 g/mol.